The van der Waals surface area contributed by atoms with Gasteiger partial charge in [0.15, 0.2) is 0 Å². The fraction of sp³-hybridized carbons (Fsp3) is 0.280. The molecule has 6 nitrogen and oxygen atoms in total. The second-order valence-electron chi connectivity index (χ2n) is 7.77. The Balaban J connectivity index is 0.000000520. The zero-order valence-electron chi connectivity index (χ0n) is 18.1. The summed E-state index contributed by atoms with van der Waals surface area (Å²) in [6, 6.07) is 13.4. The average molecular weight is 418 g/mol. The van der Waals surface area contributed by atoms with E-state index in [1.165, 1.54) is 0 Å². The van der Waals surface area contributed by atoms with Crippen LogP contribution >= 0.6 is 0 Å². The van der Waals surface area contributed by atoms with E-state index in [0.717, 1.165) is 47.2 Å². The van der Waals surface area contributed by atoms with Gasteiger partial charge in [-0.2, -0.15) is 0 Å². The van der Waals surface area contributed by atoms with Crippen molar-refractivity contribution in [2.75, 3.05) is 20.8 Å². The molecule has 0 radical (unpaired) electrons. The summed E-state index contributed by atoms with van der Waals surface area (Å²) in [5.41, 5.74) is 3.08. The molecule has 0 spiro atoms. The topological polar surface area (TPSA) is 72.5 Å². The molecule has 1 saturated carbocycles. The van der Waals surface area contributed by atoms with Crippen molar-refractivity contribution in [3.8, 4) is 11.5 Å². The molecule has 1 aliphatic heterocycles. The third kappa shape index (κ3) is 4.33. The lowest BCUT2D eigenvalue weighted by Crippen LogP contribution is -2.35. The molecule has 2 N–H and O–H groups in total. The third-order valence-electron chi connectivity index (χ3n) is 5.71. The number of hydrogen-bond acceptors (Lipinski definition) is 5. The minimum Gasteiger partial charge on any atom is -0.497 e. The van der Waals surface area contributed by atoms with Crippen molar-refractivity contribution < 1.29 is 14.3 Å². The lowest BCUT2D eigenvalue weighted by Gasteiger charge is -2.21. The lowest BCUT2D eigenvalue weighted by molar-refractivity contribution is 0.0930. The number of rotatable bonds is 5. The first-order valence-corrected chi connectivity index (χ1v) is 10.3. The third-order valence-corrected chi connectivity index (χ3v) is 5.71. The van der Waals surface area contributed by atoms with Crippen molar-refractivity contribution >= 4 is 16.8 Å². The molecule has 31 heavy (non-hydrogen) atoms. The number of nitrogens with zero attached hydrogens (tertiary/aromatic N) is 1. The van der Waals surface area contributed by atoms with Gasteiger partial charge in [-0.3, -0.25) is 9.78 Å². The molecule has 2 aromatic carbocycles. The quantitative estimate of drug-likeness (QED) is 0.654. The number of amides is 1. The molecular weight excluding hydrogens is 390 g/mol. The molecule has 160 valence electrons. The minimum absolute atomic E-state index is 0.0937. The van der Waals surface area contributed by atoms with Crippen LogP contribution in [0.2, 0.25) is 0 Å². The Labute approximate surface area is 182 Å². The van der Waals surface area contributed by atoms with Crippen molar-refractivity contribution in [1.82, 2.24) is 15.6 Å². The number of aromatic nitrogens is 1. The first-order valence-electron chi connectivity index (χ1n) is 10.3. The summed E-state index contributed by atoms with van der Waals surface area (Å²) in [5.74, 6) is 1.32. The van der Waals surface area contributed by atoms with Gasteiger partial charge in [-0.05, 0) is 67.4 Å². The average Bonchev–Trinajstić information content (AvgIpc) is 3.52. The molecule has 5 rings (SSSR count). The predicted molar refractivity (Wildman–Crippen MR) is 122 cm³/mol. The van der Waals surface area contributed by atoms with Crippen LogP contribution in [0.4, 0.5) is 0 Å². The molecule has 1 amide bonds. The summed E-state index contributed by atoms with van der Waals surface area (Å²) in [4.78, 5) is 17.5. The van der Waals surface area contributed by atoms with Gasteiger partial charge in [0.05, 0.1) is 25.3 Å². The highest BCUT2D eigenvalue weighted by Crippen LogP contribution is 2.49. The van der Waals surface area contributed by atoms with Crippen molar-refractivity contribution in [3.05, 3.63) is 77.6 Å². The standard InChI is InChI=1S/C22H22N2O3.C3H5N/c1-14-6-7-15(26-2)11-18(14)21(25)24-22(8-9-22)19-12-16(27-3)13-20-17(19)5-4-10-23-20;1-2-4-3-1/h4-7,10-13H,8-9H2,1-3H3,(H,24,25);1-2,4H,3H2. The number of hydrogen-bond donors (Lipinski definition) is 2. The van der Waals surface area contributed by atoms with Gasteiger partial charge in [0.2, 0.25) is 0 Å². The van der Waals surface area contributed by atoms with E-state index in [2.05, 4.69) is 21.7 Å². The van der Waals surface area contributed by atoms with Crippen LogP contribution in [0.1, 0.15) is 34.3 Å². The highest BCUT2D eigenvalue weighted by molar-refractivity contribution is 5.97. The first kappa shape index (κ1) is 20.7. The van der Waals surface area contributed by atoms with Crippen molar-refractivity contribution in [2.24, 2.45) is 0 Å². The summed E-state index contributed by atoms with van der Waals surface area (Å²) < 4.78 is 10.7. The maximum absolute atomic E-state index is 13.0. The lowest BCUT2D eigenvalue weighted by atomic mass is 9.97. The predicted octanol–water partition coefficient (Wildman–Crippen LogP) is 4.08. The van der Waals surface area contributed by atoms with Crippen LogP contribution < -0.4 is 20.1 Å². The van der Waals surface area contributed by atoms with E-state index in [1.807, 2.05) is 49.5 Å². The molecule has 2 aliphatic rings. The molecule has 0 atom stereocenters. The van der Waals surface area contributed by atoms with E-state index in [0.29, 0.717) is 11.3 Å². The van der Waals surface area contributed by atoms with Crippen LogP contribution in [0.15, 0.2) is 60.9 Å². The van der Waals surface area contributed by atoms with Crippen molar-refractivity contribution in [1.29, 1.82) is 0 Å². The Hall–Kier alpha value is -3.54. The van der Waals surface area contributed by atoms with E-state index in [1.54, 1.807) is 26.5 Å². The highest BCUT2D eigenvalue weighted by atomic mass is 16.5. The van der Waals surface area contributed by atoms with Gasteiger partial charge >= 0.3 is 0 Å². The first-order chi connectivity index (χ1) is 15.1. The molecular formula is C25H27N3O3. The monoisotopic (exact) mass is 417 g/mol. The van der Waals surface area contributed by atoms with Crippen LogP contribution in [0.25, 0.3) is 10.9 Å². The van der Waals surface area contributed by atoms with E-state index in [-0.39, 0.29) is 11.4 Å². The molecule has 2 heterocycles. The normalized spacial score (nSPS) is 15.1. The summed E-state index contributed by atoms with van der Waals surface area (Å²) in [6.45, 7) is 3.00. The van der Waals surface area contributed by atoms with Crippen LogP contribution in [0.5, 0.6) is 11.5 Å². The highest BCUT2D eigenvalue weighted by Gasteiger charge is 2.47. The maximum Gasteiger partial charge on any atom is 0.252 e. The summed E-state index contributed by atoms with van der Waals surface area (Å²) in [6.07, 6.45) is 7.54. The number of carbonyl (C=O) groups excluding carboxylic acids is 1. The molecule has 1 fully saturated rings. The van der Waals surface area contributed by atoms with Gasteiger partial charge in [0.25, 0.3) is 5.91 Å². The van der Waals surface area contributed by atoms with E-state index in [9.17, 15) is 4.79 Å². The summed E-state index contributed by atoms with van der Waals surface area (Å²) in [7, 11) is 3.25. The van der Waals surface area contributed by atoms with Crippen LogP contribution in [-0.2, 0) is 5.54 Å². The van der Waals surface area contributed by atoms with Crippen molar-refractivity contribution in [2.45, 2.75) is 25.3 Å². The summed E-state index contributed by atoms with van der Waals surface area (Å²) in [5, 5.41) is 7.23. The van der Waals surface area contributed by atoms with Gasteiger partial charge in [-0.15, -0.1) is 0 Å². The molecule has 0 unspecified atom stereocenters. The van der Waals surface area contributed by atoms with Gasteiger partial charge < -0.3 is 20.1 Å². The van der Waals surface area contributed by atoms with Gasteiger partial charge in [-0.25, -0.2) is 0 Å². The number of fused-ring (bicyclic) bond motifs is 1. The number of nitrogens with one attached hydrogen (secondary N) is 2. The number of pyridine rings is 1. The Kier molecular flexibility index (Phi) is 5.80. The number of ether oxygens (including phenoxy) is 2. The summed E-state index contributed by atoms with van der Waals surface area (Å²) >= 11 is 0. The van der Waals surface area contributed by atoms with E-state index in [4.69, 9.17) is 9.47 Å². The molecule has 3 aromatic rings. The second kappa shape index (κ2) is 8.68. The van der Waals surface area contributed by atoms with Crippen LogP contribution in [0.3, 0.4) is 0 Å². The van der Waals surface area contributed by atoms with Gasteiger partial charge in [-0.1, -0.05) is 12.1 Å². The molecule has 0 saturated heterocycles. The van der Waals surface area contributed by atoms with E-state index >= 15 is 0 Å². The fourth-order valence-corrected chi connectivity index (χ4v) is 3.63. The van der Waals surface area contributed by atoms with Crippen LogP contribution in [-0.4, -0.2) is 31.7 Å². The number of benzene rings is 2. The van der Waals surface area contributed by atoms with E-state index < -0.39 is 0 Å². The number of aryl methyl sites for hydroxylation is 1. The molecule has 1 aliphatic carbocycles. The number of methoxy groups -OCH3 is 2. The largest absolute Gasteiger partial charge is 0.497 e. The Bertz CT molecular complexity index is 1130. The second-order valence-corrected chi connectivity index (χ2v) is 7.77. The molecule has 6 heteroatoms. The Morgan fingerprint density at radius 3 is 2.42 bits per heavy atom. The Morgan fingerprint density at radius 1 is 1.10 bits per heavy atom. The molecule has 1 aromatic heterocycles. The van der Waals surface area contributed by atoms with Gasteiger partial charge in [0.1, 0.15) is 11.5 Å². The van der Waals surface area contributed by atoms with Crippen LogP contribution in [0, 0.1) is 6.92 Å². The number of carbonyl (C=O) groups is 1. The Morgan fingerprint density at radius 2 is 1.81 bits per heavy atom. The SMILES string of the molecule is C1=CNC1.COc1ccc(C)c(C(=O)NC2(c3cc(OC)cc4ncccc34)CC2)c1. The van der Waals surface area contributed by atoms with Gasteiger partial charge in [0, 0.05) is 29.8 Å². The van der Waals surface area contributed by atoms with Crippen molar-refractivity contribution in [3.63, 3.8) is 0 Å². The minimum atomic E-state index is -0.386. The fourth-order valence-electron chi connectivity index (χ4n) is 3.63. The zero-order chi connectivity index (χ0) is 21.8. The smallest absolute Gasteiger partial charge is 0.252 e. The maximum atomic E-state index is 13.0. The zero-order valence-corrected chi connectivity index (χ0v) is 18.1. The molecule has 0 bridgehead atoms.